The van der Waals surface area contributed by atoms with Crippen LogP contribution in [0.5, 0.6) is 0 Å². The van der Waals surface area contributed by atoms with Crippen molar-refractivity contribution in [2.45, 2.75) is 106 Å². The van der Waals surface area contributed by atoms with Gasteiger partial charge in [0.2, 0.25) is 0 Å². The molecule has 0 aliphatic heterocycles. The summed E-state index contributed by atoms with van der Waals surface area (Å²) in [5, 5.41) is 0. The van der Waals surface area contributed by atoms with E-state index in [1.54, 1.807) is 27.4 Å². The summed E-state index contributed by atoms with van der Waals surface area (Å²) in [4.78, 5) is 0. The first-order valence-electron chi connectivity index (χ1n) is 14.2. The number of unbranched alkanes of at least 4 members (excludes halogenated alkanes) is 2. The number of hydrogen-bond donors (Lipinski definition) is 0. The van der Waals surface area contributed by atoms with Gasteiger partial charge >= 0.3 is 79.8 Å². The Kier molecular flexibility index (Phi) is 14.2. The third-order valence-electron chi connectivity index (χ3n) is 7.39. The van der Waals surface area contributed by atoms with E-state index in [9.17, 15) is 0 Å². The fourth-order valence-corrected chi connectivity index (χ4v) is 5.26. The van der Waals surface area contributed by atoms with Crippen LogP contribution in [-0.4, -0.2) is 3.21 Å². The molecule has 1 atom stereocenters. The maximum absolute atomic E-state index is 3.70. The predicted octanol–water partition coefficient (Wildman–Crippen LogP) is 9.90. The van der Waals surface area contributed by atoms with Gasteiger partial charge in [-0.3, -0.25) is 6.08 Å². The fraction of sp³-hybridized carbons (Fsp3) is 0.514. The zero-order valence-corrected chi connectivity index (χ0v) is 26.5. The summed E-state index contributed by atoms with van der Waals surface area (Å²) in [6.45, 7) is 15.9. The van der Waals surface area contributed by atoms with E-state index in [0.29, 0.717) is 5.92 Å². The zero-order valence-electron chi connectivity index (χ0n) is 24.1. The van der Waals surface area contributed by atoms with E-state index in [-0.39, 0.29) is 0 Å². The third kappa shape index (κ3) is 10.2. The summed E-state index contributed by atoms with van der Waals surface area (Å²) in [5.41, 5.74) is 9.84. The largest absolute Gasteiger partial charge is 0.273 e. The average Bonchev–Trinajstić information content (AvgIpc) is 3.54. The van der Waals surface area contributed by atoms with Crippen molar-refractivity contribution in [1.29, 1.82) is 0 Å². The molecule has 0 N–H and O–H groups in total. The maximum Gasteiger partial charge on any atom is -0.0253 e. The van der Waals surface area contributed by atoms with E-state index in [2.05, 4.69) is 91.0 Å². The molecule has 4 rings (SSSR count). The van der Waals surface area contributed by atoms with Crippen LogP contribution in [-0.2, 0) is 37.1 Å². The van der Waals surface area contributed by atoms with Crippen molar-refractivity contribution >= 4 is 3.21 Å². The molecule has 2 aromatic carbocycles. The van der Waals surface area contributed by atoms with Crippen molar-refractivity contribution in [3.05, 3.63) is 82.5 Å². The first-order valence-corrected chi connectivity index (χ1v) is 15.4. The van der Waals surface area contributed by atoms with Crippen LogP contribution in [0, 0.1) is 37.8 Å². The molecule has 0 radical (unpaired) electrons. The SMILES string of the molecule is CCCC[C](=[Zr+2])CCCC.Cc1cc2c(cc1C)-c1ccc(CC(C)C(C)C)[c-]c1C2.[C-]1=CC=CC1. The van der Waals surface area contributed by atoms with E-state index in [0.717, 1.165) is 25.2 Å². The monoisotopic (exact) mass is 558 g/mol. The second kappa shape index (κ2) is 16.5. The predicted molar refractivity (Wildman–Crippen MR) is 156 cm³/mol. The molecule has 0 saturated carbocycles. The number of fused-ring (bicyclic) bond motifs is 3. The summed E-state index contributed by atoms with van der Waals surface area (Å²) in [7, 11) is 0. The Labute approximate surface area is 238 Å². The van der Waals surface area contributed by atoms with Gasteiger partial charge in [0.05, 0.1) is 0 Å². The Morgan fingerprint density at radius 2 is 1.61 bits per heavy atom. The minimum absolute atomic E-state index is 0.715. The van der Waals surface area contributed by atoms with Crippen molar-refractivity contribution in [2.75, 3.05) is 0 Å². The summed E-state index contributed by atoms with van der Waals surface area (Å²) in [6, 6.07) is 13.0. The smallest absolute Gasteiger partial charge is 0.0253 e. The summed E-state index contributed by atoms with van der Waals surface area (Å²) in [6.07, 6.45) is 20.5. The van der Waals surface area contributed by atoms with Crippen LogP contribution < -0.4 is 0 Å². The van der Waals surface area contributed by atoms with Crippen LogP contribution in [0.25, 0.3) is 11.1 Å². The van der Waals surface area contributed by atoms with Gasteiger partial charge in [-0.15, -0.1) is 17.5 Å². The number of benzene rings is 2. The Bertz CT molecular complexity index is 1000. The molecule has 2 aromatic rings. The Morgan fingerprint density at radius 1 is 0.944 bits per heavy atom. The van der Waals surface area contributed by atoms with Crippen LogP contribution in [0.2, 0.25) is 0 Å². The van der Waals surface area contributed by atoms with Crippen LogP contribution in [0.4, 0.5) is 0 Å². The van der Waals surface area contributed by atoms with Crippen molar-refractivity contribution in [3.63, 3.8) is 0 Å². The second-order valence-corrected chi connectivity index (χ2v) is 12.6. The molecular weight excluding hydrogens is 512 g/mol. The molecule has 1 heteroatoms. The molecule has 0 saturated heterocycles. The molecule has 2 aliphatic rings. The van der Waals surface area contributed by atoms with Gasteiger partial charge in [-0.2, -0.15) is 29.8 Å². The quantitative estimate of drug-likeness (QED) is 0.229. The van der Waals surface area contributed by atoms with Crippen LogP contribution in [0.1, 0.15) is 107 Å². The molecule has 2 aliphatic carbocycles. The van der Waals surface area contributed by atoms with E-state index in [1.807, 2.05) is 12.2 Å². The first kappa shape index (κ1) is 30.9. The van der Waals surface area contributed by atoms with Crippen LogP contribution in [0.3, 0.4) is 0 Å². The maximum atomic E-state index is 3.70. The topological polar surface area (TPSA) is 0 Å². The van der Waals surface area contributed by atoms with Gasteiger partial charge in [0, 0.05) is 0 Å². The van der Waals surface area contributed by atoms with E-state index >= 15 is 0 Å². The van der Waals surface area contributed by atoms with Crippen LogP contribution in [0.15, 0.2) is 42.5 Å². The summed E-state index contributed by atoms with van der Waals surface area (Å²) in [5.74, 6) is 1.45. The molecule has 192 valence electrons. The molecule has 1 unspecified atom stereocenters. The summed E-state index contributed by atoms with van der Waals surface area (Å²) >= 11 is 1.67. The number of allylic oxidation sites excluding steroid dienone is 4. The zero-order chi connectivity index (χ0) is 26.5. The minimum Gasteiger partial charge on any atom is -0.273 e. The van der Waals surface area contributed by atoms with Crippen molar-refractivity contribution in [2.24, 2.45) is 11.8 Å². The van der Waals surface area contributed by atoms with Gasteiger partial charge in [-0.25, -0.2) is 12.2 Å². The van der Waals surface area contributed by atoms with Gasteiger partial charge in [0.15, 0.2) is 0 Å². The average molecular weight is 560 g/mol. The van der Waals surface area contributed by atoms with Crippen molar-refractivity contribution in [1.82, 2.24) is 0 Å². The van der Waals surface area contributed by atoms with Gasteiger partial charge in [0.25, 0.3) is 0 Å². The van der Waals surface area contributed by atoms with Gasteiger partial charge < -0.3 is 0 Å². The Morgan fingerprint density at radius 3 is 2.14 bits per heavy atom. The molecule has 0 bridgehead atoms. The first-order chi connectivity index (χ1) is 17.3. The van der Waals surface area contributed by atoms with Crippen LogP contribution >= 0.6 is 0 Å². The van der Waals surface area contributed by atoms with E-state index in [4.69, 9.17) is 0 Å². The van der Waals surface area contributed by atoms with Gasteiger partial charge in [-0.05, 0) is 55.2 Å². The van der Waals surface area contributed by atoms with Gasteiger partial charge in [0.1, 0.15) is 0 Å². The van der Waals surface area contributed by atoms with Crippen molar-refractivity contribution in [3.8, 4) is 11.1 Å². The van der Waals surface area contributed by atoms with Crippen molar-refractivity contribution < 1.29 is 24.2 Å². The molecule has 0 nitrogen and oxygen atoms in total. The Balaban J connectivity index is 0.000000252. The fourth-order valence-electron chi connectivity index (χ4n) is 4.39. The molecule has 36 heavy (non-hydrogen) atoms. The second-order valence-electron chi connectivity index (χ2n) is 10.9. The number of aryl methyl sites for hydroxylation is 2. The standard InChI is InChI=1S/C21H25.C9H18.C5H5.Zr/c1-13(2)14(3)8-17-6-7-20-19(11-17)12-18-9-15(4)16(5)10-21(18)20;1-3-5-7-9-8-6-4-2;1-2-4-5-3-1;/h6-7,9-10,13-14H,8,12H2,1-5H3;3-8H2,1-2H3;1-3H,4H2;/q-1;;-1;+2. The van der Waals surface area contributed by atoms with Gasteiger partial charge in [-0.1, -0.05) is 38.5 Å². The molecule has 0 spiro atoms. The Hall–Kier alpha value is -1.33. The molecule has 0 aromatic heterocycles. The molecule has 0 heterocycles. The number of hydrogen-bond acceptors (Lipinski definition) is 0. The molecule has 0 amide bonds. The van der Waals surface area contributed by atoms with E-state index < -0.39 is 0 Å². The third-order valence-corrected chi connectivity index (χ3v) is 8.62. The molecular formula is C35H48Zr. The molecule has 0 fully saturated rings. The summed E-state index contributed by atoms with van der Waals surface area (Å²) < 4.78 is 1.79. The normalized spacial score (nSPS) is 13.5. The number of rotatable bonds is 9. The minimum atomic E-state index is 0.715. The van der Waals surface area contributed by atoms with E-state index in [1.165, 1.54) is 77.5 Å².